The molecule has 0 atom stereocenters. The summed E-state index contributed by atoms with van der Waals surface area (Å²) in [5.74, 6) is 0.419. The Labute approximate surface area is 200 Å². The second-order valence-electron chi connectivity index (χ2n) is 7.46. The molecule has 172 valence electrons. The van der Waals surface area contributed by atoms with Gasteiger partial charge in [0.2, 0.25) is 0 Å². The normalized spacial score (nSPS) is 11.3. The van der Waals surface area contributed by atoms with E-state index in [4.69, 9.17) is 15.2 Å². The monoisotopic (exact) mass is 483 g/mol. The summed E-state index contributed by atoms with van der Waals surface area (Å²) >= 11 is 2.76. The zero-order valence-corrected chi connectivity index (χ0v) is 20.3. The highest BCUT2D eigenvalue weighted by atomic mass is 32.1. The Kier molecular flexibility index (Phi) is 7.19. The Morgan fingerprint density at radius 3 is 2.61 bits per heavy atom. The lowest BCUT2D eigenvalue weighted by Gasteiger charge is -2.16. The highest BCUT2D eigenvalue weighted by molar-refractivity contribution is 7.23. The molecule has 2 heterocycles. The molecule has 0 aliphatic heterocycles. The Morgan fingerprint density at radius 1 is 1.15 bits per heavy atom. The SMILES string of the molecule is COCCN(C)Cc1ccc(C(=O)Nc2nc3c(OC)ccc(-c4csc(N)n4)c3s2)cc1. The van der Waals surface area contributed by atoms with Gasteiger partial charge in [-0.05, 0) is 36.9 Å². The molecular weight excluding hydrogens is 458 g/mol. The van der Waals surface area contributed by atoms with Crippen molar-refractivity contribution >= 4 is 49.1 Å². The number of benzene rings is 2. The molecule has 0 aliphatic carbocycles. The second kappa shape index (κ2) is 10.3. The number of carbonyl (C=O) groups is 1. The van der Waals surface area contributed by atoms with Crippen LogP contribution in [0.3, 0.4) is 0 Å². The van der Waals surface area contributed by atoms with Crippen molar-refractivity contribution in [2.24, 2.45) is 0 Å². The number of anilines is 2. The zero-order chi connectivity index (χ0) is 23.4. The summed E-state index contributed by atoms with van der Waals surface area (Å²) in [5, 5.41) is 5.81. The van der Waals surface area contributed by atoms with Crippen LogP contribution in [0.1, 0.15) is 15.9 Å². The molecule has 10 heteroatoms. The Bertz CT molecular complexity index is 1250. The quantitative estimate of drug-likeness (QED) is 0.365. The molecule has 0 unspecified atom stereocenters. The molecule has 1 amide bonds. The van der Waals surface area contributed by atoms with Gasteiger partial charge in [0.1, 0.15) is 11.3 Å². The first-order chi connectivity index (χ1) is 16.0. The van der Waals surface area contributed by atoms with Crippen molar-refractivity contribution in [2.45, 2.75) is 6.54 Å². The number of nitrogens with one attached hydrogen (secondary N) is 1. The van der Waals surface area contributed by atoms with Gasteiger partial charge in [-0.25, -0.2) is 9.97 Å². The number of hydrogen-bond acceptors (Lipinski definition) is 9. The number of likely N-dealkylation sites (N-methyl/N-ethyl adjacent to an activating group) is 1. The van der Waals surface area contributed by atoms with E-state index in [-0.39, 0.29) is 5.91 Å². The minimum Gasteiger partial charge on any atom is -0.494 e. The number of rotatable bonds is 9. The standard InChI is InChI=1S/C23H25N5O3S2/c1-28(10-11-30-2)12-14-4-6-15(7-5-14)21(29)27-23-26-19-18(31-3)9-8-16(20(19)33-23)17-13-32-22(24)25-17/h4-9,13H,10-12H2,1-3H3,(H2,24,25)(H,26,27,29). The third-order valence-electron chi connectivity index (χ3n) is 5.09. The van der Waals surface area contributed by atoms with Gasteiger partial charge in [0.15, 0.2) is 10.3 Å². The largest absolute Gasteiger partial charge is 0.494 e. The number of nitrogens with two attached hydrogens (primary N) is 1. The van der Waals surface area contributed by atoms with Crippen LogP contribution in [-0.2, 0) is 11.3 Å². The number of fused-ring (bicyclic) bond motifs is 1. The molecule has 0 spiro atoms. The first kappa shape index (κ1) is 23.1. The summed E-state index contributed by atoms with van der Waals surface area (Å²) in [6, 6.07) is 11.4. The summed E-state index contributed by atoms with van der Waals surface area (Å²) in [6.07, 6.45) is 0. The Balaban J connectivity index is 1.53. The van der Waals surface area contributed by atoms with Crippen molar-refractivity contribution in [3.63, 3.8) is 0 Å². The highest BCUT2D eigenvalue weighted by Gasteiger charge is 2.17. The molecule has 0 fully saturated rings. The van der Waals surface area contributed by atoms with E-state index in [1.165, 1.54) is 22.7 Å². The average molecular weight is 484 g/mol. The number of ether oxygens (including phenoxy) is 2. The molecule has 2 aromatic heterocycles. The number of methoxy groups -OCH3 is 2. The van der Waals surface area contributed by atoms with E-state index < -0.39 is 0 Å². The zero-order valence-electron chi connectivity index (χ0n) is 18.6. The maximum Gasteiger partial charge on any atom is 0.257 e. The van der Waals surface area contributed by atoms with E-state index in [0.717, 1.165) is 34.6 Å². The van der Waals surface area contributed by atoms with Gasteiger partial charge in [0, 0.05) is 36.7 Å². The van der Waals surface area contributed by atoms with Crippen molar-refractivity contribution < 1.29 is 14.3 Å². The van der Waals surface area contributed by atoms with E-state index in [0.29, 0.717) is 33.7 Å². The van der Waals surface area contributed by atoms with Crippen LogP contribution in [-0.4, -0.2) is 55.2 Å². The maximum absolute atomic E-state index is 12.8. The summed E-state index contributed by atoms with van der Waals surface area (Å²) in [6.45, 7) is 2.31. The van der Waals surface area contributed by atoms with Gasteiger partial charge in [-0.1, -0.05) is 23.5 Å². The van der Waals surface area contributed by atoms with Crippen molar-refractivity contribution in [3.05, 3.63) is 52.9 Å². The lowest BCUT2D eigenvalue weighted by Crippen LogP contribution is -2.22. The van der Waals surface area contributed by atoms with Crippen LogP contribution >= 0.6 is 22.7 Å². The van der Waals surface area contributed by atoms with Gasteiger partial charge in [0.25, 0.3) is 5.91 Å². The molecule has 2 aromatic carbocycles. The van der Waals surface area contributed by atoms with E-state index in [2.05, 4.69) is 20.2 Å². The molecule has 0 aliphatic rings. The van der Waals surface area contributed by atoms with Gasteiger partial charge in [-0.3, -0.25) is 15.0 Å². The molecule has 4 aromatic rings. The van der Waals surface area contributed by atoms with Gasteiger partial charge < -0.3 is 15.2 Å². The fraction of sp³-hybridized carbons (Fsp3) is 0.261. The molecule has 0 saturated heterocycles. The molecule has 0 saturated carbocycles. The van der Waals surface area contributed by atoms with Crippen molar-refractivity contribution in [1.82, 2.24) is 14.9 Å². The smallest absolute Gasteiger partial charge is 0.257 e. The van der Waals surface area contributed by atoms with E-state index in [1.807, 2.05) is 48.8 Å². The van der Waals surface area contributed by atoms with Crippen molar-refractivity contribution in [3.8, 4) is 17.0 Å². The predicted molar refractivity (Wildman–Crippen MR) is 134 cm³/mol. The third kappa shape index (κ3) is 5.31. The first-order valence-corrected chi connectivity index (χ1v) is 11.9. The van der Waals surface area contributed by atoms with Crippen LogP contribution in [0.2, 0.25) is 0 Å². The van der Waals surface area contributed by atoms with Crippen molar-refractivity contribution in [1.29, 1.82) is 0 Å². The average Bonchev–Trinajstić information content (AvgIpc) is 3.43. The van der Waals surface area contributed by atoms with Gasteiger partial charge in [0.05, 0.1) is 24.1 Å². The number of thiazole rings is 2. The molecule has 33 heavy (non-hydrogen) atoms. The second-order valence-corrected chi connectivity index (χ2v) is 9.35. The number of nitrogen functional groups attached to an aromatic ring is 1. The summed E-state index contributed by atoms with van der Waals surface area (Å²) in [7, 11) is 5.33. The third-order valence-corrected chi connectivity index (χ3v) is 6.77. The number of aromatic nitrogens is 2. The lowest BCUT2D eigenvalue weighted by atomic mass is 10.1. The summed E-state index contributed by atoms with van der Waals surface area (Å²) in [5.41, 5.74) is 9.86. The van der Waals surface area contributed by atoms with Crippen molar-refractivity contribution in [2.75, 3.05) is 45.5 Å². The molecule has 3 N–H and O–H groups in total. The fourth-order valence-corrected chi connectivity index (χ4v) is 4.95. The van der Waals surface area contributed by atoms with Crippen LogP contribution in [0.15, 0.2) is 41.8 Å². The molecular formula is C23H25N5O3S2. The predicted octanol–water partition coefficient (Wildman–Crippen LogP) is 4.34. The van der Waals surface area contributed by atoms with E-state index in [9.17, 15) is 4.79 Å². The Hall–Kier alpha value is -3.05. The van der Waals surface area contributed by atoms with Gasteiger partial charge >= 0.3 is 0 Å². The minimum atomic E-state index is -0.216. The van der Waals surface area contributed by atoms with Crippen LogP contribution in [0, 0.1) is 0 Å². The maximum atomic E-state index is 12.8. The lowest BCUT2D eigenvalue weighted by molar-refractivity contribution is 0.102. The molecule has 8 nitrogen and oxygen atoms in total. The van der Waals surface area contributed by atoms with Crippen LogP contribution in [0.5, 0.6) is 5.75 Å². The molecule has 0 bridgehead atoms. The number of amides is 1. The van der Waals surface area contributed by atoms with E-state index in [1.54, 1.807) is 14.2 Å². The summed E-state index contributed by atoms with van der Waals surface area (Å²) in [4.78, 5) is 24.0. The van der Waals surface area contributed by atoms with Crippen LogP contribution < -0.4 is 15.8 Å². The minimum absolute atomic E-state index is 0.216. The molecule has 0 radical (unpaired) electrons. The number of nitrogens with zero attached hydrogens (tertiary/aromatic N) is 3. The Morgan fingerprint density at radius 2 is 1.94 bits per heavy atom. The molecule has 4 rings (SSSR count). The summed E-state index contributed by atoms with van der Waals surface area (Å²) < 4.78 is 11.5. The fourth-order valence-electron chi connectivity index (χ4n) is 3.38. The number of hydrogen-bond donors (Lipinski definition) is 2. The van der Waals surface area contributed by atoms with E-state index >= 15 is 0 Å². The van der Waals surface area contributed by atoms with Gasteiger partial charge in [-0.15, -0.1) is 11.3 Å². The topological polar surface area (TPSA) is 103 Å². The van der Waals surface area contributed by atoms with Crippen LogP contribution in [0.25, 0.3) is 21.5 Å². The van der Waals surface area contributed by atoms with Gasteiger partial charge in [-0.2, -0.15) is 0 Å². The number of carbonyl (C=O) groups excluding carboxylic acids is 1. The first-order valence-electron chi connectivity index (χ1n) is 10.2. The highest BCUT2D eigenvalue weighted by Crippen LogP contribution is 2.40. The van der Waals surface area contributed by atoms with Crippen LogP contribution in [0.4, 0.5) is 10.3 Å².